The third-order valence-electron chi connectivity index (χ3n) is 3.85. The molecule has 1 amide bonds. The molecule has 0 spiro atoms. The number of amides is 1. The van der Waals surface area contributed by atoms with Crippen LogP contribution in [0.1, 0.15) is 12.3 Å². The molecule has 4 aromatic rings. The number of thiophene rings is 1. The van der Waals surface area contributed by atoms with E-state index in [1.165, 1.54) is 17.4 Å². The highest BCUT2D eigenvalue weighted by atomic mass is 32.2. The summed E-state index contributed by atoms with van der Waals surface area (Å²) in [6.07, 6.45) is 1.63. The fourth-order valence-corrected chi connectivity index (χ4v) is 4.73. The van der Waals surface area contributed by atoms with E-state index in [0.29, 0.717) is 33.5 Å². The normalized spacial score (nSPS) is 11.8. The number of nitrogens with zero attached hydrogens (tertiary/aromatic N) is 3. The van der Waals surface area contributed by atoms with Crippen LogP contribution in [-0.4, -0.2) is 35.7 Å². The summed E-state index contributed by atoms with van der Waals surface area (Å²) in [4.78, 5) is 21.0. The number of fused-ring (bicyclic) bond motifs is 1. The monoisotopic (exact) mass is 434 g/mol. The van der Waals surface area contributed by atoms with Crippen LogP contribution in [0.15, 0.2) is 44.4 Å². The molecule has 0 aliphatic rings. The van der Waals surface area contributed by atoms with E-state index in [1.807, 2.05) is 16.8 Å². The van der Waals surface area contributed by atoms with E-state index in [-0.39, 0.29) is 17.2 Å². The third-order valence-corrected chi connectivity index (χ3v) is 6.57. The van der Waals surface area contributed by atoms with Crippen LogP contribution in [0.3, 0.4) is 0 Å². The SMILES string of the molecule is CS(=O)(=O)c1ccc2nc(NC(=O)CCc3nc(-c4ccsc4)no3)sc2c1. The molecular weight excluding hydrogens is 420 g/mol. The number of benzene rings is 1. The minimum atomic E-state index is -3.29. The van der Waals surface area contributed by atoms with E-state index in [2.05, 4.69) is 20.4 Å². The summed E-state index contributed by atoms with van der Waals surface area (Å²) in [6, 6.07) is 6.59. The van der Waals surface area contributed by atoms with E-state index in [4.69, 9.17) is 4.52 Å². The van der Waals surface area contributed by atoms with Gasteiger partial charge in [-0.05, 0) is 29.6 Å². The van der Waals surface area contributed by atoms with Crippen molar-refractivity contribution < 1.29 is 17.7 Å². The second-order valence-electron chi connectivity index (χ2n) is 5.99. The molecule has 4 rings (SSSR count). The summed E-state index contributed by atoms with van der Waals surface area (Å²) in [7, 11) is -3.29. The first-order valence-corrected chi connectivity index (χ1v) is 11.8. The molecule has 0 saturated heterocycles. The van der Waals surface area contributed by atoms with Gasteiger partial charge in [0.05, 0.1) is 15.1 Å². The molecule has 0 atom stereocenters. The second kappa shape index (κ2) is 7.41. The average molecular weight is 435 g/mol. The van der Waals surface area contributed by atoms with Crippen LogP contribution in [0.5, 0.6) is 0 Å². The van der Waals surface area contributed by atoms with Crippen molar-refractivity contribution in [3.05, 3.63) is 40.9 Å². The smallest absolute Gasteiger partial charge is 0.227 e. The van der Waals surface area contributed by atoms with E-state index in [9.17, 15) is 13.2 Å². The highest BCUT2D eigenvalue weighted by molar-refractivity contribution is 7.90. The largest absolute Gasteiger partial charge is 0.339 e. The van der Waals surface area contributed by atoms with Gasteiger partial charge in [-0.3, -0.25) is 4.79 Å². The molecule has 0 unspecified atom stereocenters. The summed E-state index contributed by atoms with van der Waals surface area (Å²) in [5, 5.41) is 10.9. The first kappa shape index (κ1) is 18.7. The number of carbonyl (C=O) groups is 1. The van der Waals surface area contributed by atoms with Crippen LogP contribution in [-0.2, 0) is 21.1 Å². The first-order valence-electron chi connectivity index (χ1n) is 8.14. The lowest BCUT2D eigenvalue weighted by molar-refractivity contribution is -0.116. The Morgan fingerprint density at radius 1 is 1.25 bits per heavy atom. The Morgan fingerprint density at radius 2 is 2.11 bits per heavy atom. The summed E-state index contributed by atoms with van der Waals surface area (Å²) < 4.78 is 29.2. The van der Waals surface area contributed by atoms with Crippen LogP contribution in [0.4, 0.5) is 5.13 Å². The number of hydrogen-bond donors (Lipinski definition) is 1. The highest BCUT2D eigenvalue weighted by Gasteiger charge is 2.14. The van der Waals surface area contributed by atoms with Crippen molar-refractivity contribution in [2.75, 3.05) is 11.6 Å². The standard InChI is InChI=1S/C17H14N4O4S3/c1-28(23,24)11-2-3-12-13(8-11)27-17(18-12)19-14(22)4-5-15-20-16(21-25-15)10-6-7-26-9-10/h2-3,6-9H,4-5H2,1H3,(H,18,19,22). The zero-order chi connectivity index (χ0) is 19.7. The van der Waals surface area contributed by atoms with E-state index in [1.54, 1.807) is 23.5 Å². The quantitative estimate of drug-likeness (QED) is 0.494. The maximum Gasteiger partial charge on any atom is 0.227 e. The molecule has 0 aliphatic carbocycles. The molecule has 0 bridgehead atoms. The number of hydrogen-bond acceptors (Lipinski definition) is 9. The van der Waals surface area contributed by atoms with Crippen molar-refractivity contribution in [2.45, 2.75) is 17.7 Å². The number of anilines is 1. The van der Waals surface area contributed by atoms with Gasteiger partial charge in [0.25, 0.3) is 0 Å². The molecule has 1 aromatic carbocycles. The Morgan fingerprint density at radius 3 is 2.86 bits per heavy atom. The van der Waals surface area contributed by atoms with Crippen LogP contribution < -0.4 is 5.32 Å². The van der Waals surface area contributed by atoms with Crippen LogP contribution >= 0.6 is 22.7 Å². The number of aromatic nitrogens is 3. The minimum Gasteiger partial charge on any atom is -0.339 e. The van der Waals surface area contributed by atoms with Gasteiger partial charge in [0.2, 0.25) is 17.6 Å². The molecule has 8 nitrogen and oxygen atoms in total. The molecule has 0 radical (unpaired) electrons. The molecule has 11 heteroatoms. The predicted octanol–water partition coefficient (Wildman–Crippen LogP) is 3.38. The van der Waals surface area contributed by atoms with Gasteiger partial charge in [-0.15, -0.1) is 0 Å². The molecular formula is C17H14N4O4S3. The molecule has 0 fully saturated rings. The second-order valence-corrected chi connectivity index (χ2v) is 9.82. The van der Waals surface area contributed by atoms with Crippen LogP contribution in [0.25, 0.3) is 21.6 Å². The van der Waals surface area contributed by atoms with Gasteiger partial charge >= 0.3 is 0 Å². The van der Waals surface area contributed by atoms with Gasteiger partial charge in [0.15, 0.2) is 15.0 Å². The average Bonchev–Trinajstić information content (AvgIpc) is 3.37. The van der Waals surface area contributed by atoms with Gasteiger partial charge in [-0.2, -0.15) is 16.3 Å². The molecule has 3 heterocycles. The maximum absolute atomic E-state index is 12.2. The van der Waals surface area contributed by atoms with Crippen molar-refractivity contribution in [3.8, 4) is 11.4 Å². The van der Waals surface area contributed by atoms with E-state index < -0.39 is 9.84 Å². The summed E-state index contributed by atoms with van der Waals surface area (Å²) in [5.41, 5.74) is 1.51. The molecule has 0 aliphatic heterocycles. The minimum absolute atomic E-state index is 0.162. The number of thiazole rings is 1. The molecule has 3 aromatic heterocycles. The third kappa shape index (κ3) is 4.11. The zero-order valence-electron chi connectivity index (χ0n) is 14.6. The molecule has 28 heavy (non-hydrogen) atoms. The van der Waals surface area contributed by atoms with Crippen LogP contribution in [0, 0.1) is 0 Å². The van der Waals surface area contributed by atoms with Gasteiger partial charge < -0.3 is 9.84 Å². The lowest BCUT2D eigenvalue weighted by Gasteiger charge is -1.98. The Balaban J connectivity index is 1.40. The number of rotatable bonds is 6. The number of carbonyl (C=O) groups excluding carboxylic acids is 1. The Labute approximate surface area is 168 Å². The Hall–Kier alpha value is -2.63. The fraction of sp³-hybridized carbons (Fsp3) is 0.176. The van der Waals surface area contributed by atoms with Crippen LogP contribution in [0.2, 0.25) is 0 Å². The van der Waals surface area contributed by atoms with E-state index >= 15 is 0 Å². The van der Waals surface area contributed by atoms with E-state index in [0.717, 1.165) is 11.8 Å². The summed E-state index contributed by atoms with van der Waals surface area (Å²) >= 11 is 2.76. The fourth-order valence-electron chi connectivity index (χ4n) is 2.46. The Bertz CT molecular complexity index is 1240. The summed E-state index contributed by atoms with van der Waals surface area (Å²) in [5.74, 6) is 0.653. The number of sulfone groups is 1. The molecule has 1 N–H and O–H groups in total. The number of nitrogens with one attached hydrogen (secondary N) is 1. The lowest BCUT2D eigenvalue weighted by Crippen LogP contribution is -2.12. The summed E-state index contributed by atoms with van der Waals surface area (Å²) in [6.45, 7) is 0. The van der Waals surface area contributed by atoms with Crippen molar-refractivity contribution >= 4 is 53.8 Å². The van der Waals surface area contributed by atoms with Crippen molar-refractivity contribution in [2.24, 2.45) is 0 Å². The zero-order valence-corrected chi connectivity index (χ0v) is 17.0. The predicted molar refractivity (Wildman–Crippen MR) is 107 cm³/mol. The lowest BCUT2D eigenvalue weighted by atomic mass is 10.3. The van der Waals surface area contributed by atoms with Crippen molar-refractivity contribution in [1.29, 1.82) is 0 Å². The number of aryl methyl sites for hydroxylation is 1. The topological polar surface area (TPSA) is 115 Å². The molecule has 0 saturated carbocycles. The van der Waals surface area contributed by atoms with Gasteiger partial charge in [0.1, 0.15) is 0 Å². The van der Waals surface area contributed by atoms with Crippen molar-refractivity contribution in [1.82, 2.24) is 15.1 Å². The highest BCUT2D eigenvalue weighted by Crippen LogP contribution is 2.28. The first-order chi connectivity index (χ1) is 13.4. The molecule has 144 valence electrons. The van der Waals surface area contributed by atoms with Crippen molar-refractivity contribution in [3.63, 3.8) is 0 Å². The van der Waals surface area contributed by atoms with Gasteiger partial charge in [0, 0.05) is 30.0 Å². The Kier molecular flexibility index (Phi) is 4.96. The van der Waals surface area contributed by atoms with Gasteiger partial charge in [-0.1, -0.05) is 16.5 Å². The maximum atomic E-state index is 12.2. The van der Waals surface area contributed by atoms with Gasteiger partial charge in [-0.25, -0.2) is 13.4 Å².